The van der Waals surface area contributed by atoms with Crippen LogP contribution in [0.5, 0.6) is 0 Å². The van der Waals surface area contributed by atoms with Crippen molar-refractivity contribution < 1.29 is 30.7 Å². The van der Waals surface area contributed by atoms with Gasteiger partial charge in [-0.3, -0.25) is 0 Å². The van der Waals surface area contributed by atoms with Crippen molar-refractivity contribution in [1.29, 1.82) is 0 Å². The Balaban J connectivity index is 1.77. The second-order valence-electron chi connectivity index (χ2n) is 6.51. The molecule has 3 aromatic heterocycles. The SMILES string of the molecule is Fc1cc(C(F)(F)F)ccc1-c1nc2nc(CCn3ccnc3)nc(C(F)(F)F)c2[nH]1. The molecule has 0 aliphatic rings. The van der Waals surface area contributed by atoms with Gasteiger partial charge in [0, 0.05) is 25.4 Å². The maximum absolute atomic E-state index is 14.3. The highest BCUT2D eigenvalue weighted by atomic mass is 19.4. The molecule has 0 unspecified atom stereocenters. The van der Waals surface area contributed by atoms with Gasteiger partial charge in [-0.05, 0) is 18.2 Å². The van der Waals surface area contributed by atoms with Gasteiger partial charge in [0.1, 0.15) is 23.0 Å². The smallest absolute Gasteiger partial charge is 0.337 e. The number of H-pyrrole nitrogens is 1. The number of aryl methyl sites for hydroxylation is 2. The highest BCUT2D eigenvalue weighted by Crippen LogP contribution is 2.35. The number of rotatable bonds is 4. The standard InChI is InChI=1S/C18H11F7N6/c19-11-7-9(17(20,21)22)1-2-10(11)15-29-13-14(18(23,24)25)27-12(28-16(13)30-15)3-5-31-6-4-26-8-31/h1-2,4,6-8H,3,5H2,(H,27,28,29,30). The molecule has 0 bridgehead atoms. The Kier molecular flexibility index (Phi) is 4.90. The number of aromatic amines is 1. The monoisotopic (exact) mass is 444 g/mol. The van der Waals surface area contributed by atoms with E-state index in [1.54, 1.807) is 10.8 Å². The Morgan fingerprint density at radius 1 is 0.968 bits per heavy atom. The highest BCUT2D eigenvalue weighted by Gasteiger charge is 2.37. The van der Waals surface area contributed by atoms with E-state index in [1.165, 1.54) is 12.5 Å². The Bertz CT molecular complexity index is 1220. The topological polar surface area (TPSA) is 72.3 Å². The summed E-state index contributed by atoms with van der Waals surface area (Å²) in [5.74, 6) is -1.84. The highest BCUT2D eigenvalue weighted by molar-refractivity contribution is 5.78. The summed E-state index contributed by atoms with van der Waals surface area (Å²) in [7, 11) is 0. The zero-order chi connectivity index (χ0) is 22.4. The zero-order valence-corrected chi connectivity index (χ0v) is 15.3. The van der Waals surface area contributed by atoms with Gasteiger partial charge >= 0.3 is 12.4 Å². The molecule has 3 heterocycles. The van der Waals surface area contributed by atoms with Crippen molar-refractivity contribution in [3.8, 4) is 11.4 Å². The van der Waals surface area contributed by atoms with E-state index in [4.69, 9.17) is 0 Å². The van der Waals surface area contributed by atoms with Crippen molar-refractivity contribution in [2.24, 2.45) is 0 Å². The Morgan fingerprint density at radius 3 is 2.35 bits per heavy atom. The minimum Gasteiger partial charge on any atom is -0.337 e. The van der Waals surface area contributed by atoms with Gasteiger partial charge in [-0.2, -0.15) is 26.3 Å². The van der Waals surface area contributed by atoms with E-state index in [-0.39, 0.29) is 30.5 Å². The first-order valence-corrected chi connectivity index (χ1v) is 8.69. The van der Waals surface area contributed by atoms with Crippen LogP contribution in [0.3, 0.4) is 0 Å². The van der Waals surface area contributed by atoms with E-state index < -0.39 is 46.3 Å². The van der Waals surface area contributed by atoms with Crippen LogP contribution in [0.1, 0.15) is 17.1 Å². The number of alkyl halides is 6. The number of aromatic nitrogens is 6. The van der Waals surface area contributed by atoms with Crippen LogP contribution in [0.15, 0.2) is 36.9 Å². The molecule has 4 rings (SSSR count). The number of imidazole rings is 2. The fourth-order valence-electron chi connectivity index (χ4n) is 2.92. The molecule has 0 aliphatic carbocycles. The summed E-state index contributed by atoms with van der Waals surface area (Å²) in [6.45, 7) is 0.258. The summed E-state index contributed by atoms with van der Waals surface area (Å²) < 4.78 is 94.7. The molecule has 13 heteroatoms. The summed E-state index contributed by atoms with van der Waals surface area (Å²) in [6, 6.07) is 1.64. The quantitative estimate of drug-likeness (QED) is 0.466. The zero-order valence-electron chi connectivity index (χ0n) is 15.3. The predicted octanol–water partition coefficient (Wildman–Crippen LogP) is 4.64. The normalized spacial score (nSPS) is 12.6. The van der Waals surface area contributed by atoms with Gasteiger partial charge in [0.2, 0.25) is 0 Å². The van der Waals surface area contributed by atoms with Crippen LogP contribution in [0.2, 0.25) is 0 Å². The van der Waals surface area contributed by atoms with E-state index in [2.05, 4.69) is 24.9 Å². The van der Waals surface area contributed by atoms with E-state index in [1.807, 2.05) is 0 Å². The molecule has 1 aromatic carbocycles. The molecule has 162 valence electrons. The molecule has 0 amide bonds. The lowest BCUT2D eigenvalue weighted by molar-refractivity contribution is -0.140. The van der Waals surface area contributed by atoms with Gasteiger partial charge in [0.05, 0.1) is 17.5 Å². The molecule has 6 nitrogen and oxygen atoms in total. The summed E-state index contributed by atoms with van der Waals surface area (Å²) in [5, 5.41) is 0. The van der Waals surface area contributed by atoms with Crippen LogP contribution in [-0.2, 0) is 25.3 Å². The molecular weight excluding hydrogens is 433 g/mol. The summed E-state index contributed by atoms with van der Waals surface area (Å²) in [5.41, 5.74) is -3.93. The number of benzene rings is 1. The van der Waals surface area contributed by atoms with Crippen LogP contribution in [0.4, 0.5) is 30.7 Å². The minimum atomic E-state index is -4.87. The van der Waals surface area contributed by atoms with Crippen LogP contribution >= 0.6 is 0 Å². The first kappa shape index (κ1) is 20.8. The Labute approximate surface area is 168 Å². The number of nitrogens with one attached hydrogen (secondary N) is 1. The number of fused-ring (bicyclic) bond motifs is 1. The third-order valence-corrected chi connectivity index (χ3v) is 4.37. The van der Waals surface area contributed by atoms with Gasteiger partial charge < -0.3 is 9.55 Å². The molecule has 1 N–H and O–H groups in total. The molecule has 0 radical (unpaired) electrons. The lowest BCUT2D eigenvalue weighted by atomic mass is 10.1. The van der Waals surface area contributed by atoms with Crippen molar-refractivity contribution in [2.75, 3.05) is 0 Å². The predicted molar refractivity (Wildman–Crippen MR) is 93.0 cm³/mol. The second-order valence-corrected chi connectivity index (χ2v) is 6.51. The van der Waals surface area contributed by atoms with Crippen LogP contribution < -0.4 is 0 Å². The summed E-state index contributed by atoms with van der Waals surface area (Å²) in [4.78, 5) is 17.5. The second kappa shape index (κ2) is 7.32. The molecule has 31 heavy (non-hydrogen) atoms. The van der Waals surface area contributed by atoms with Crippen LogP contribution in [-0.4, -0.2) is 29.5 Å². The lowest BCUT2D eigenvalue weighted by Crippen LogP contribution is -2.13. The maximum atomic E-state index is 14.3. The van der Waals surface area contributed by atoms with Gasteiger partial charge in [-0.1, -0.05) is 0 Å². The van der Waals surface area contributed by atoms with Crippen molar-refractivity contribution >= 4 is 11.2 Å². The maximum Gasteiger partial charge on any atom is 0.435 e. The number of halogens is 7. The Hall–Kier alpha value is -3.51. The molecule has 0 saturated heterocycles. The molecule has 0 fully saturated rings. The van der Waals surface area contributed by atoms with E-state index in [0.29, 0.717) is 6.07 Å². The number of hydrogen-bond donors (Lipinski definition) is 1. The number of hydrogen-bond acceptors (Lipinski definition) is 4. The molecule has 0 spiro atoms. The van der Waals surface area contributed by atoms with Gasteiger partial charge in [0.15, 0.2) is 11.3 Å². The largest absolute Gasteiger partial charge is 0.435 e. The first-order valence-electron chi connectivity index (χ1n) is 8.69. The molecule has 0 atom stereocenters. The van der Waals surface area contributed by atoms with Crippen molar-refractivity contribution in [3.05, 3.63) is 59.8 Å². The van der Waals surface area contributed by atoms with Gasteiger partial charge in [-0.25, -0.2) is 24.3 Å². The van der Waals surface area contributed by atoms with Crippen molar-refractivity contribution in [3.63, 3.8) is 0 Å². The third-order valence-electron chi connectivity index (χ3n) is 4.37. The molecule has 4 aromatic rings. The van der Waals surface area contributed by atoms with Crippen molar-refractivity contribution in [2.45, 2.75) is 25.3 Å². The van der Waals surface area contributed by atoms with Crippen LogP contribution in [0, 0.1) is 5.82 Å². The van der Waals surface area contributed by atoms with Gasteiger partial charge in [0.25, 0.3) is 0 Å². The number of nitrogens with zero attached hydrogens (tertiary/aromatic N) is 5. The fraction of sp³-hybridized carbons (Fsp3) is 0.222. The van der Waals surface area contributed by atoms with E-state index in [0.717, 1.165) is 6.07 Å². The average molecular weight is 444 g/mol. The fourth-order valence-corrected chi connectivity index (χ4v) is 2.92. The minimum absolute atomic E-state index is 0.0339. The molecule has 0 saturated carbocycles. The average Bonchev–Trinajstić information content (AvgIpc) is 3.33. The van der Waals surface area contributed by atoms with Crippen LogP contribution in [0.25, 0.3) is 22.6 Å². The molecular formula is C18H11F7N6. The van der Waals surface area contributed by atoms with E-state index >= 15 is 0 Å². The first-order chi connectivity index (χ1) is 14.5. The third kappa shape index (κ3) is 4.20. The van der Waals surface area contributed by atoms with E-state index in [9.17, 15) is 30.7 Å². The summed E-state index contributed by atoms with van der Waals surface area (Å²) >= 11 is 0. The Morgan fingerprint density at radius 2 is 1.74 bits per heavy atom. The summed E-state index contributed by atoms with van der Waals surface area (Å²) in [6.07, 6.45) is -5.01. The lowest BCUT2D eigenvalue weighted by Gasteiger charge is -2.09. The molecule has 0 aliphatic heterocycles. The van der Waals surface area contributed by atoms with Crippen molar-refractivity contribution in [1.82, 2.24) is 29.5 Å². The van der Waals surface area contributed by atoms with Gasteiger partial charge in [-0.15, -0.1) is 0 Å².